The zero-order valence-corrected chi connectivity index (χ0v) is 11.0. The molecule has 0 aliphatic heterocycles. The van der Waals surface area contributed by atoms with E-state index in [1.807, 2.05) is 0 Å². The van der Waals surface area contributed by atoms with Gasteiger partial charge in [0.15, 0.2) is 0 Å². The van der Waals surface area contributed by atoms with E-state index in [1.54, 1.807) is 0 Å². The molecule has 3 nitrogen and oxygen atoms in total. The van der Waals surface area contributed by atoms with E-state index in [1.165, 1.54) is 6.08 Å². The van der Waals surface area contributed by atoms with Crippen LogP contribution in [0.2, 0.25) is 0 Å². The summed E-state index contributed by atoms with van der Waals surface area (Å²) >= 11 is 0. The molecule has 0 aromatic carbocycles. The van der Waals surface area contributed by atoms with Gasteiger partial charge in [-0.3, -0.25) is 0 Å². The quantitative estimate of drug-likeness (QED) is 0.289. The van der Waals surface area contributed by atoms with E-state index in [9.17, 15) is 15.0 Å². The Kier molecular flexibility index (Phi) is 13.3. The maximum atomic E-state index is 9.97. The molecule has 1 unspecified atom stereocenters. The average Bonchev–Trinajstić information content (AvgIpc) is 2.09. The Hall–Kier alpha value is 0.170. The number of carboxylic acid groups (broad SMARTS) is 1. The summed E-state index contributed by atoms with van der Waals surface area (Å²) in [5, 5.41) is 19.2. The van der Waals surface area contributed by atoms with Crippen LogP contribution in [0.3, 0.4) is 0 Å². The van der Waals surface area contributed by atoms with Crippen molar-refractivity contribution in [2.45, 2.75) is 45.1 Å². The third kappa shape index (κ3) is 12.2. The Morgan fingerprint density at radius 2 is 2.07 bits per heavy atom. The van der Waals surface area contributed by atoms with Crippen LogP contribution >= 0.6 is 0 Å². The number of carbonyl (C=O) groups is 1. The van der Waals surface area contributed by atoms with E-state index in [2.05, 4.69) is 6.92 Å². The number of aliphatic hydroxyl groups is 1. The summed E-state index contributed by atoms with van der Waals surface area (Å²) < 4.78 is 0. The largest absolute Gasteiger partial charge is 1.00 e. The third-order valence-corrected chi connectivity index (χ3v) is 1.81. The van der Waals surface area contributed by atoms with Crippen molar-refractivity contribution >= 4 is 5.97 Å². The van der Waals surface area contributed by atoms with E-state index >= 15 is 0 Å². The summed E-state index contributed by atoms with van der Waals surface area (Å²) in [5.74, 6) is -1.26. The molecule has 0 radical (unpaired) electrons. The molecule has 4 heteroatoms. The molecule has 1 atom stereocenters. The molecule has 14 heavy (non-hydrogen) atoms. The summed E-state index contributed by atoms with van der Waals surface area (Å²) in [7, 11) is 0. The summed E-state index contributed by atoms with van der Waals surface area (Å²) in [6.45, 7) is 2.12. The van der Waals surface area contributed by atoms with Gasteiger partial charge in [0, 0.05) is 0 Å². The van der Waals surface area contributed by atoms with Gasteiger partial charge in [-0.15, -0.1) is 0 Å². The van der Waals surface area contributed by atoms with Crippen molar-refractivity contribution in [3.05, 3.63) is 12.2 Å². The summed E-state index contributed by atoms with van der Waals surface area (Å²) in [5.41, 5.74) is 0. The molecule has 0 heterocycles. The molecule has 0 aliphatic rings. The minimum absolute atomic E-state index is 0. The van der Waals surface area contributed by atoms with Crippen LogP contribution in [0, 0.1) is 0 Å². The van der Waals surface area contributed by atoms with Crippen LogP contribution in [-0.2, 0) is 4.79 Å². The molecular formula is C10H17NaO3. The molecule has 0 fully saturated rings. The van der Waals surface area contributed by atoms with E-state index in [0.29, 0.717) is 6.42 Å². The van der Waals surface area contributed by atoms with Gasteiger partial charge in [0.2, 0.25) is 0 Å². The van der Waals surface area contributed by atoms with Gasteiger partial charge in [-0.05, 0) is 12.5 Å². The fourth-order valence-corrected chi connectivity index (χ4v) is 1.07. The molecule has 0 bridgehead atoms. The predicted molar refractivity (Wildman–Crippen MR) is 48.9 cm³/mol. The molecule has 0 saturated carbocycles. The van der Waals surface area contributed by atoms with Crippen LogP contribution in [0.5, 0.6) is 0 Å². The van der Waals surface area contributed by atoms with Crippen LogP contribution < -0.4 is 34.7 Å². The molecule has 0 spiro atoms. The number of unbranched alkanes of at least 4 members (excludes halogenated alkanes) is 3. The van der Waals surface area contributed by atoms with Crippen molar-refractivity contribution < 1.29 is 44.6 Å². The first-order chi connectivity index (χ1) is 6.16. The normalized spacial score (nSPS) is 12.4. The molecule has 76 valence electrons. The zero-order chi connectivity index (χ0) is 10.1. The van der Waals surface area contributed by atoms with Crippen molar-refractivity contribution in [3.8, 4) is 0 Å². The number of hydrogen-bond donors (Lipinski definition) is 1. The smallest absolute Gasteiger partial charge is 0.545 e. The number of carbonyl (C=O) groups excluding carboxylic acids is 1. The van der Waals surface area contributed by atoms with Gasteiger partial charge in [-0.2, -0.15) is 0 Å². The van der Waals surface area contributed by atoms with E-state index in [-0.39, 0.29) is 29.6 Å². The summed E-state index contributed by atoms with van der Waals surface area (Å²) in [6.07, 6.45) is 6.48. The minimum Gasteiger partial charge on any atom is -0.545 e. The molecule has 0 saturated heterocycles. The van der Waals surface area contributed by atoms with Gasteiger partial charge in [0.1, 0.15) is 0 Å². The van der Waals surface area contributed by atoms with Gasteiger partial charge in [0.05, 0.1) is 12.1 Å². The fraction of sp³-hybridized carbons (Fsp3) is 0.700. The molecule has 0 aromatic heterocycles. The van der Waals surface area contributed by atoms with Gasteiger partial charge in [-0.25, -0.2) is 0 Å². The second-order valence-electron chi connectivity index (χ2n) is 3.09. The number of aliphatic hydroxyl groups excluding tert-OH is 1. The van der Waals surface area contributed by atoms with Crippen molar-refractivity contribution in [1.82, 2.24) is 0 Å². The van der Waals surface area contributed by atoms with E-state index < -0.39 is 12.1 Å². The Labute approximate surface area is 107 Å². The first-order valence-electron chi connectivity index (χ1n) is 4.74. The van der Waals surface area contributed by atoms with Crippen LogP contribution in [-0.4, -0.2) is 17.2 Å². The summed E-state index contributed by atoms with van der Waals surface area (Å²) in [4.78, 5) is 9.97. The van der Waals surface area contributed by atoms with Crippen molar-refractivity contribution in [1.29, 1.82) is 0 Å². The van der Waals surface area contributed by atoms with Gasteiger partial charge in [-0.1, -0.05) is 38.7 Å². The molecule has 0 aliphatic carbocycles. The van der Waals surface area contributed by atoms with Gasteiger partial charge < -0.3 is 15.0 Å². The maximum Gasteiger partial charge on any atom is 1.00 e. The predicted octanol–water partition coefficient (Wildman–Crippen LogP) is -2.37. The number of aliphatic carboxylic acids is 1. The Bertz CT molecular complexity index is 169. The maximum absolute atomic E-state index is 9.97. The first kappa shape index (κ1) is 16.6. The Morgan fingerprint density at radius 1 is 1.43 bits per heavy atom. The SMILES string of the molecule is CCCCCCC(O)C=CC(=O)[O-].[Na+]. The van der Waals surface area contributed by atoms with Crippen molar-refractivity contribution in [3.63, 3.8) is 0 Å². The fourth-order valence-electron chi connectivity index (χ4n) is 1.07. The number of rotatable bonds is 7. The Balaban J connectivity index is 0. The third-order valence-electron chi connectivity index (χ3n) is 1.81. The molecule has 0 rings (SSSR count). The average molecular weight is 208 g/mol. The van der Waals surface area contributed by atoms with Crippen molar-refractivity contribution in [2.75, 3.05) is 0 Å². The van der Waals surface area contributed by atoms with E-state index in [0.717, 1.165) is 31.8 Å². The van der Waals surface area contributed by atoms with Crippen LogP contribution in [0.25, 0.3) is 0 Å². The zero-order valence-electron chi connectivity index (χ0n) is 9.03. The first-order valence-corrected chi connectivity index (χ1v) is 4.74. The second kappa shape index (κ2) is 11.2. The van der Waals surface area contributed by atoms with E-state index in [4.69, 9.17) is 0 Å². The van der Waals surface area contributed by atoms with Crippen LogP contribution in [0.4, 0.5) is 0 Å². The molecule has 0 amide bonds. The van der Waals surface area contributed by atoms with Crippen LogP contribution in [0.1, 0.15) is 39.0 Å². The van der Waals surface area contributed by atoms with Crippen LogP contribution in [0.15, 0.2) is 12.2 Å². The number of carboxylic acids is 1. The van der Waals surface area contributed by atoms with Gasteiger partial charge in [0.25, 0.3) is 0 Å². The monoisotopic (exact) mass is 208 g/mol. The molecule has 0 aromatic rings. The van der Waals surface area contributed by atoms with Gasteiger partial charge >= 0.3 is 29.6 Å². The Morgan fingerprint density at radius 3 is 2.57 bits per heavy atom. The van der Waals surface area contributed by atoms with Crippen molar-refractivity contribution in [2.24, 2.45) is 0 Å². The topological polar surface area (TPSA) is 60.4 Å². The minimum atomic E-state index is -1.26. The molecular weight excluding hydrogens is 191 g/mol. The summed E-state index contributed by atoms with van der Waals surface area (Å²) in [6, 6.07) is 0. The molecule has 1 N–H and O–H groups in total. The second-order valence-corrected chi connectivity index (χ2v) is 3.09. The number of hydrogen-bond acceptors (Lipinski definition) is 3. The standard InChI is InChI=1S/C10H18O3.Na/c1-2-3-4-5-6-9(11)7-8-10(12)13;/h7-9,11H,2-6H2,1H3,(H,12,13);/q;+1/p-1.